The van der Waals surface area contributed by atoms with Gasteiger partial charge >= 0.3 is 12.4 Å². The van der Waals surface area contributed by atoms with E-state index in [1.165, 1.54) is 35.1 Å². The third-order valence-corrected chi connectivity index (χ3v) is 10.6. The Bertz CT molecular complexity index is 1930. The molecular weight excluding hydrogens is 627 g/mol. The van der Waals surface area contributed by atoms with Gasteiger partial charge in [0.05, 0.1) is 44.3 Å². The van der Waals surface area contributed by atoms with Crippen LogP contribution >= 0.6 is 0 Å². The van der Waals surface area contributed by atoms with Gasteiger partial charge in [-0.25, -0.2) is 17.5 Å². The first-order valence-corrected chi connectivity index (χ1v) is 15.2. The molecule has 2 aliphatic carbocycles. The van der Waals surface area contributed by atoms with Crippen LogP contribution in [0.15, 0.2) is 83.5 Å². The molecule has 6 nitrogen and oxygen atoms in total. The summed E-state index contributed by atoms with van der Waals surface area (Å²) in [6, 6.07) is 9.85. The summed E-state index contributed by atoms with van der Waals surface area (Å²) >= 11 is 0. The Kier molecular flexibility index (Phi) is 7.26. The summed E-state index contributed by atoms with van der Waals surface area (Å²) in [7, 11) is -4.28. The van der Waals surface area contributed by atoms with Crippen molar-refractivity contribution in [1.82, 2.24) is 14.8 Å². The van der Waals surface area contributed by atoms with Crippen LogP contribution in [-0.4, -0.2) is 34.2 Å². The maximum absolute atomic E-state index is 14.3. The van der Waals surface area contributed by atoms with Crippen molar-refractivity contribution < 1.29 is 43.9 Å². The fraction of sp³-hybridized carbons (Fsp3) is 0.258. The summed E-state index contributed by atoms with van der Waals surface area (Å²) in [4.78, 5) is 17.8. The second-order valence-corrected chi connectivity index (χ2v) is 13.3. The molecule has 0 saturated heterocycles. The molecule has 0 amide bonds. The predicted molar refractivity (Wildman–Crippen MR) is 147 cm³/mol. The molecule has 234 valence electrons. The lowest BCUT2D eigenvalue weighted by atomic mass is 9.61. The molecule has 0 spiro atoms. The molecule has 0 N–H and O–H groups in total. The zero-order valence-electron chi connectivity index (χ0n) is 23.0. The average Bonchev–Trinajstić information content (AvgIpc) is 3.41. The highest BCUT2D eigenvalue weighted by Crippen LogP contribution is 2.52. The molecule has 2 aromatic heterocycles. The molecule has 14 heteroatoms. The molecule has 0 radical (unpaired) electrons. The maximum atomic E-state index is 14.3. The molecule has 6 rings (SSSR count). The number of sulfone groups is 1. The van der Waals surface area contributed by atoms with Gasteiger partial charge in [-0.2, -0.15) is 31.4 Å². The van der Waals surface area contributed by atoms with Crippen LogP contribution in [-0.2, 0) is 28.6 Å². The Morgan fingerprint density at radius 1 is 0.911 bits per heavy atom. The van der Waals surface area contributed by atoms with Gasteiger partial charge in [0.15, 0.2) is 15.6 Å². The highest BCUT2D eigenvalue weighted by Gasteiger charge is 2.52. The summed E-state index contributed by atoms with van der Waals surface area (Å²) in [5.74, 6) is -1.28. The van der Waals surface area contributed by atoms with Crippen molar-refractivity contribution in [3.05, 3.63) is 113 Å². The molecule has 2 atom stereocenters. The van der Waals surface area contributed by atoms with Crippen molar-refractivity contribution in [3.8, 4) is 5.69 Å². The molecular formula is C31H22F7N3O3S. The van der Waals surface area contributed by atoms with Gasteiger partial charge in [-0.1, -0.05) is 5.57 Å². The second kappa shape index (κ2) is 10.6. The number of benzene rings is 2. The Morgan fingerprint density at radius 2 is 1.58 bits per heavy atom. The van der Waals surface area contributed by atoms with Gasteiger partial charge in [-0.3, -0.25) is 9.78 Å². The molecule has 2 aromatic carbocycles. The highest BCUT2D eigenvalue weighted by molar-refractivity contribution is 7.92. The lowest BCUT2D eigenvalue weighted by Crippen LogP contribution is -2.46. The van der Waals surface area contributed by atoms with Crippen LogP contribution < -0.4 is 0 Å². The number of carbonyl (C=O) groups is 1. The third kappa shape index (κ3) is 5.45. The van der Waals surface area contributed by atoms with E-state index >= 15 is 0 Å². The highest BCUT2D eigenvalue weighted by atomic mass is 32.2. The standard InChI is InChI=1S/C31H22F7N3O3S/c32-22-4-6-23(7-5-22)41-27-14-20-3-10-25(45(43,44)24-8-1-19(2-9-24)30(33,34)35)16-29(20,15-18(27)17-40-41)28(42)26-13-21(11-12-39-26)31(36,37)38/h1-2,4-9,11-14,17,25H,3,10,15-16H2/t25-,29+/m1/s1. The number of hydrogen-bond acceptors (Lipinski definition) is 5. The normalized spacial score (nSPS) is 20.2. The van der Waals surface area contributed by atoms with Gasteiger partial charge < -0.3 is 0 Å². The zero-order valence-corrected chi connectivity index (χ0v) is 23.8. The summed E-state index contributed by atoms with van der Waals surface area (Å²) in [6.45, 7) is 0. The minimum atomic E-state index is -4.77. The Morgan fingerprint density at radius 3 is 2.22 bits per heavy atom. The van der Waals surface area contributed by atoms with E-state index in [1.54, 1.807) is 6.08 Å². The number of alkyl halides is 6. The number of halogens is 7. The Labute approximate surface area is 252 Å². The zero-order chi connectivity index (χ0) is 32.4. The van der Waals surface area contributed by atoms with Crippen LogP contribution in [0.4, 0.5) is 30.7 Å². The van der Waals surface area contributed by atoms with Gasteiger partial charge in [-0.05, 0) is 98.0 Å². The minimum Gasteiger partial charge on any atom is -0.291 e. The third-order valence-electron chi connectivity index (χ3n) is 8.39. The molecule has 1 saturated carbocycles. The summed E-state index contributed by atoms with van der Waals surface area (Å²) in [5, 5.41) is 3.13. The molecule has 4 aromatic rings. The SMILES string of the molecule is O=C(c1cc(C(F)(F)F)ccn1)[C@]12Cc3cnn(-c4ccc(F)cc4)c3C=C1CC[C@@H](S(=O)(=O)c1ccc(C(F)(F)F)cc1)C2. The molecule has 45 heavy (non-hydrogen) atoms. The number of nitrogens with zero attached hydrogens (tertiary/aromatic N) is 3. The van der Waals surface area contributed by atoms with Crippen LogP contribution in [0.5, 0.6) is 0 Å². The molecule has 1 fully saturated rings. The van der Waals surface area contributed by atoms with Crippen molar-refractivity contribution in [3.63, 3.8) is 0 Å². The van der Waals surface area contributed by atoms with Crippen molar-refractivity contribution in [2.75, 3.05) is 0 Å². The van der Waals surface area contributed by atoms with E-state index in [0.29, 0.717) is 40.7 Å². The van der Waals surface area contributed by atoms with E-state index in [0.717, 1.165) is 24.4 Å². The smallest absolute Gasteiger partial charge is 0.291 e. The second-order valence-electron chi connectivity index (χ2n) is 11.1. The lowest BCUT2D eigenvalue weighted by molar-refractivity contribution is -0.138. The number of rotatable bonds is 5. The lowest BCUT2D eigenvalue weighted by Gasteiger charge is -2.43. The first-order chi connectivity index (χ1) is 21.1. The number of fused-ring (bicyclic) bond motifs is 2. The Balaban J connectivity index is 1.44. The summed E-state index contributed by atoms with van der Waals surface area (Å²) in [5.41, 5.74) is -2.27. The number of Topliss-reactive ketones (excluding diaryl/α,β-unsaturated/α-hetero) is 1. The van der Waals surface area contributed by atoms with Gasteiger partial charge in [-0.15, -0.1) is 0 Å². The largest absolute Gasteiger partial charge is 0.416 e. The topological polar surface area (TPSA) is 81.9 Å². The molecule has 0 unspecified atom stereocenters. The molecule has 2 aliphatic rings. The summed E-state index contributed by atoms with van der Waals surface area (Å²) in [6.07, 6.45) is -5.91. The predicted octanol–water partition coefficient (Wildman–Crippen LogP) is 7.28. The fourth-order valence-corrected chi connectivity index (χ4v) is 7.95. The van der Waals surface area contributed by atoms with E-state index in [4.69, 9.17) is 0 Å². The van der Waals surface area contributed by atoms with Crippen LogP contribution in [0, 0.1) is 11.2 Å². The number of aromatic nitrogens is 3. The quantitative estimate of drug-likeness (QED) is 0.168. The van der Waals surface area contributed by atoms with Gasteiger partial charge in [0, 0.05) is 6.20 Å². The fourth-order valence-electron chi connectivity index (χ4n) is 6.12. The van der Waals surface area contributed by atoms with Crippen molar-refractivity contribution in [1.29, 1.82) is 0 Å². The van der Waals surface area contributed by atoms with Crippen LogP contribution in [0.1, 0.15) is 52.1 Å². The van der Waals surface area contributed by atoms with Gasteiger partial charge in [0.2, 0.25) is 0 Å². The van der Waals surface area contributed by atoms with Crippen molar-refractivity contribution >= 4 is 21.7 Å². The molecule has 0 bridgehead atoms. The molecule has 0 aliphatic heterocycles. The summed E-state index contributed by atoms with van der Waals surface area (Å²) < 4.78 is 123. The van der Waals surface area contributed by atoms with Crippen LogP contribution in [0.25, 0.3) is 11.8 Å². The maximum Gasteiger partial charge on any atom is 0.416 e. The number of allylic oxidation sites excluding steroid dienone is 1. The minimum absolute atomic E-state index is 0.000255. The number of ketones is 1. The van der Waals surface area contributed by atoms with Crippen molar-refractivity contribution in [2.24, 2.45) is 5.41 Å². The van der Waals surface area contributed by atoms with Crippen LogP contribution in [0.3, 0.4) is 0 Å². The van der Waals surface area contributed by atoms with Crippen LogP contribution in [0.2, 0.25) is 0 Å². The monoisotopic (exact) mass is 649 g/mol. The van der Waals surface area contributed by atoms with Gasteiger partial charge in [0.25, 0.3) is 0 Å². The first kappa shape index (κ1) is 30.7. The number of pyridine rings is 1. The average molecular weight is 650 g/mol. The first-order valence-electron chi connectivity index (χ1n) is 13.6. The Hall–Kier alpha value is -4.33. The molecule has 2 heterocycles. The van der Waals surface area contributed by atoms with E-state index in [2.05, 4.69) is 10.1 Å². The number of carbonyl (C=O) groups excluding carboxylic acids is 1. The van der Waals surface area contributed by atoms with E-state index in [1.807, 2.05) is 0 Å². The van der Waals surface area contributed by atoms with E-state index < -0.39 is 61.3 Å². The van der Waals surface area contributed by atoms with Crippen molar-refractivity contribution in [2.45, 2.75) is 48.2 Å². The van der Waals surface area contributed by atoms with E-state index in [9.17, 15) is 43.9 Å². The van der Waals surface area contributed by atoms with E-state index in [-0.39, 0.29) is 30.6 Å². The number of hydrogen-bond donors (Lipinski definition) is 0. The van der Waals surface area contributed by atoms with Gasteiger partial charge in [0.1, 0.15) is 11.5 Å².